The fourth-order valence-corrected chi connectivity index (χ4v) is 11.6. The van der Waals surface area contributed by atoms with E-state index < -0.39 is 97.5 Å². The van der Waals surface area contributed by atoms with Crippen LogP contribution in [0.4, 0.5) is 0 Å². The number of esters is 4. The molecule has 19 heteroatoms. The van der Waals surface area contributed by atoms with Crippen molar-refractivity contribution in [1.29, 1.82) is 0 Å². The van der Waals surface area contributed by atoms with Crippen LogP contribution < -0.4 is 0 Å². The lowest BCUT2D eigenvalue weighted by Gasteiger charge is -2.21. The number of carbonyl (C=O) groups is 4. The molecule has 0 radical (unpaired) electrons. The second-order valence-electron chi connectivity index (χ2n) is 25.4. The number of phosphoric acid groups is 2. The van der Waals surface area contributed by atoms with Crippen LogP contribution in [-0.4, -0.2) is 96.7 Å². The Kier molecular flexibility index (Phi) is 56.9. The smallest absolute Gasteiger partial charge is 0.462 e. The van der Waals surface area contributed by atoms with Gasteiger partial charge in [0.2, 0.25) is 0 Å². The van der Waals surface area contributed by atoms with E-state index in [9.17, 15) is 43.2 Å². The average molecular weight is 1270 g/mol. The van der Waals surface area contributed by atoms with Crippen LogP contribution in [0.2, 0.25) is 0 Å². The van der Waals surface area contributed by atoms with E-state index in [4.69, 9.17) is 37.0 Å². The molecule has 0 aliphatic carbocycles. The molecule has 0 bridgehead atoms. The Hall–Kier alpha value is -1.94. The Morgan fingerprint density at radius 3 is 0.884 bits per heavy atom. The lowest BCUT2D eigenvalue weighted by Crippen LogP contribution is -2.30. The molecule has 0 aromatic carbocycles. The molecule has 86 heavy (non-hydrogen) atoms. The van der Waals surface area contributed by atoms with E-state index in [1.807, 2.05) is 0 Å². The first-order chi connectivity index (χ1) is 41.3. The third-order valence-electron chi connectivity index (χ3n) is 15.7. The van der Waals surface area contributed by atoms with Crippen LogP contribution in [0.3, 0.4) is 0 Å². The van der Waals surface area contributed by atoms with E-state index in [-0.39, 0.29) is 25.7 Å². The molecule has 0 aromatic heterocycles. The standard InChI is InChI=1S/C67H130O17P2/c1-8-10-11-12-13-27-34-41-48-64(69)77-54-62(84-67(72)51-44-37-30-23-17-19-25-32-39-46-59(5)6)56-81-85(73,74)79-52-61(68)53-80-86(75,76)82-57-63(55-78-65(70)49-42-35-28-22-16-18-24-31-38-45-58(3)4)83-66(71)50-43-36-29-21-15-14-20-26-33-40-47-60(7)9-2/h58-63,68H,8-57H2,1-7H3,(H,73,74)(H,75,76)/t60?,61-,62+,63+/m0/s1. The van der Waals surface area contributed by atoms with Gasteiger partial charge in [0.25, 0.3) is 0 Å². The third-order valence-corrected chi connectivity index (χ3v) is 17.6. The van der Waals surface area contributed by atoms with Gasteiger partial charge in [-0.3, -0.25) is 37.3 Å². The number of aliphatic hydroxyl groups excluding tert-OH is 1. The Morgan fingerprint density at radius 1 is 0.337 bits per heavy atom. The van der Waals surface area contributed by atoms with Crippen molar-refractivity contribution >= 4 is 39.5 Å². The van der Waals surface area contributed by atoms with Crippen molar-refractivity contribution in [2.24, 2.45) is 17.8 Å². The zero-order chi connectivity index (χ0) is 63.8. The van der Waals surface area contributed by atoms with Crippen LogP contribution in [0.15, 0.2) is 0 Å². The molecule has 0 aromatic rings. The first kappa shape index (κ1) is 84.1. The first-order valence-corrected chi connectivity index (χ1v) is 37.9. The van der Waals surface area contributed by atoms with Gasteiger partial charge in [0.05, 0.1) is 26.4 Å². The maximum absolute atomic E-state index is 13.0. The average Bonchev–Trinajstić information content (AvgIpc) is 3.69. The van der Waals surface area contributed by atoms with E-state index in [1.165, 1.54) is 135 Å². The van der Waals surface area contributed by atoms with Gasteiger partial charge in [0.1, 0.15) is 19.3 Å². The van der Waals surface area contributed by atoms with Crippen LogP contribution in [0.1, 0.15) is 331 Å². The molecule has 3 N–H and O–H groups in total. The predicted octanol–water partition coefficient (Wildman–Crippen LogP) is 18.7. The lowest BCUT2D eigenvalue weighted by molar-refractivity contribution is -0.161. The summed E-state index contributed by atoms with van der Waals surface area (Å²) in [4.78, 5) is 72.3. The molecule has 0 amide bonds. The number of phosphoric ester groups is 2. The van der Waals surface area contributed by atoms with Gasteiger partial charge in [0.15, 0.2) is 12.2 Å². The maximum Gasteiger partial charge on any atom is 0.472 e. The summed E-state index contributed by atoms with van der Waals surface area (Å²) in [6.07, 6.45) is 40.3. The van der Waals surface area contributed by atoms with Crippen molar-refractivity contribution in [2.45, 2.75) is 349 Å². The topological polar surface area (TPSA) is 237 Å². The van der Waals surface area contributed by atoms with Gasteiger partial charge < -0.3 is 33.8 Å². The summed E-state index contributed by atoms with van der Waals surface area (Å²) in [6.45, 7) is 11.8. The van der Waals surface area contributed by atoms with Crippen molar-refractivity contribution in [1.82, 2.24) is 0 Å². The highest BCUT2D eigenvalue weighted by Crippen LogP contribution is 2.45. The van der Waals surface area contributed by atoms with Gasteiger partial charge in [-0.25, -0.2) is 9.13 Å². The monoisotopic (exact) mass is 1270 g/mol. The molecule has 0 spiro atoms. The summed E-state index contributed by atoms with van der Waals surface area (Å²) in [5.74, 6) is 0.150. The summed E-state index contributed by atoms with van der Waals surface area (Å²) in [5.41, 5.74) is 0. The number of aliphatic hydroxyl groups is 1. The summed E-state index contributed by atoms with van der Waals surface area (Å²) in [5, 5.41) is 10.6. The SMILES string of the molecule is CCCCCCCCCCC(=O)OC[C@H](COP(=O)(O)OC[C@H](O)COP(=O)(O)OC[C@@H](COC(=O)CCCCCCCCCCCC(C)C)OC(=O)CCCCCCCCCCCCC(C)CC)OC(=O)CCCCCCCCCCCC(C)C. The minimum absolute atomic E-state index is 0.105. The van der Waals surface area contributed by atoms with Crippen LogP contribution in [0, 0.1) is 17.8 Å². The molecule has 0 fully saturated rings. The summed E-state index contributed by atoms with van der Waals surface area (Å²) < 4.78 is 68.1. The van der Waals surface area contributed by atoms with Crippen molar-refractivity contribution in [2.75, 3.05) is 39.6 Å². The van der Waals surface area contributed by atoms with Gasteiger partial charge in [0, 0.05) is 25.7 Å². The van der Waals surface area contributed by atoms with Gasteiger partial charge in [-0.2, -0.15) is 0 Å². The number of ether oxygens (including phenoxy) is 4. The highest BCUT2D eigenvalue weighted by Gasteiger charge is 2.30. The number of unbranched alkanes of at least 4 members (excludes halogenated alkanes) is 32. The minimum Gasteiger partial charge on any atom is -0.462 e. The summed E-state index contributed by atoms with van der Waals surface area (Å²) in [6, 6.07) is 0. The molecule has 0 saturated carbocycles. The highest BCUT2D eigenvalue weighted by molar-refractivity contribution is 7.47. The fourth-order valence-electron chi connectivity index (χ4n) is 9.98. The zero-order valence-electron chi connectivity index (χ0n) is 55.8. The number of carbonyl (C=O) groups excluding carboxylic acids is 4. The van der Waals surface area contributed by atoms with Crippen LogP contribution in [0.25, 0.3) is 0 Å². The molecule has 6 atom stereocenters. The molecular weight excluding hydrogens is 1140 g/mol. The van der Waals surface area contributed by atoms with Crippen molar-refractivity contribution in [3.8, 4) is 0 Å². The molecule has 0 saturated heterocycles. The summed E-state index contributed by atoms with van der Waals surface area (Å²) >= 11 is 0. The number of rotatable bonds is 65. The molecular formula is C67H130O17P2. The molecule has 3 unspecified atom stereocenters. The van der Waals surface area contributed by atoms with E-state index in [0.29, 0.717) is 25.7 Å². The Labute approximate surface area is 524 Å². The maximum atomic E-state index is 13.0. The van der Waals surface area contributed by atoms with Crippen molar-refractivity contribution in [3.63, 3.8) is 0 Å². The minimum atomic E-state index is -4.95. The van der Waals surface area contributed by atoms with E-state index >= 15 is 0 Å². The van der Waals surface area contributed by atoms with Crippen LogP contribution >= 0.6 is 15.6 Å². The number of hydrogen-bond acceptors (Lipinski definition) is 15. The Balaban J connectivity index is 5.24. The Morgan fingerprint density at radius 2 is 0.593 bits per heavy atom. The molecule has 0 aliphatic heterocycles. The molecule has 0 heterocycles. The van der Waals surface area contributed by atoms with Gasteiger partial charge in [-0.15, -0.1) is 0 Å². The van der Waals surface area contributed by atoms with Gasteiger partial charge >= 0.3 is 39.5 Å². The normalized spacial score (nSPS) is 14.6. The molecule has 0 aliphatic rings. The predicted molar refractivity (Wildman–Crippen MR) is 344 cm³/mol. The van der Waals surface area contributed by atoms with E-state index in [1.54, 1.807) is 0 Å². The molecule has 510 valence electrons. The van der Waals surface area contributed by atoms with Crippen molar-refractivity contribution in [3.05, 3.63) is 0 Å². The third kappa shape index (κ3) is 59.7. The van der Waals surface area contributed by atoms with Gasteiger partial charge in [-0.1, -0.05) is 280 Å². The highest BCUT2D eigenvalue weighted by atomic mass is 31.2. The van der Waals surface area contributed by atoms with Crippen molar-refractivity contribution < 1.29 is 80.2 Å². The van der Waals surface area contributed by atoms with E-state index in [2.05, 4.69) is 48.5 Å². The van der Waals surface area contributed by atoms with Crippen LogP contribution in [-0.2, 0) is 65.4 Å². The summed E-state index contributed by atoms with van der Waals surface area (Å²) in [7, 11) is -9.89. The first-order valence-electron chi connectivity index (χ1n) is 34.9. The lowest BCUT2D eigenvalue weighted by atomic mass is 9.99. The second kappa shape index (κ2) is 58.2. The van der Waals surface area contributed by atoms with Crippen LogP contribution in [0.5, 0.6) is 0 Å². The largest absolute Gasteiger partial charge is 0.472 e. The number of hydrogen-bond donors (Lipinski definition) is 3. The second-order valence-corrected chi connectivity index (χ2v) is 28.3. The van der Waals surface area contributed by atoms with Gasteiger partial charge in [-0.05, 0) is 43.4 Å². The Bertz CT molecular complexity index is 1700. The zero-order valence-corrected chi connectivity index (χ0v) is 57.6. The molecule has 17 nitrogen and oxygen atoms in total. The fraction of sp³-hybridized carbons (Fsp3) is 0.940. The molecule has 0 rings (SSSR count). The van der Waals surface area contributed by atoms with E-state index in [0.717, 1.165) is 114 Å². The quantitative estimate of drug-likeness (QED) is 0.0222.